The largest absolute Gasteiger partial charge is 0.392 e. The lowest BCUT2D eigenvalue weighted by Crippen LogP contribution is -2.46. The third-order valence-corrected chi connectivity index (χ3v) is 4.72. The fraction of sp³-hybridized carbons (Fsp3) is 0.467. The summed E-state index contributed by atoms with van der Waals surface area (Å²) in [6, 6.07) is 4.25. The first-order chi connectivity index (χ1) is 9.87. The van der Waals surface area contributed by atoms with Crippen LogP contribution in [-0.2, 0) is 4.79 Å². The van der Waals surface area contributed by atoms with E-state index in [2.05, 4.69) is 5.32 Å². The van der Waals surface area contributed by atoms with Crippen LogP contribution in [0.4, 0.5) is 10.1 Å². The predicted molar refractivity (Wildman–Crippen MR) is 96.8 cm³/mol. The molecular weight excluding hydrogens is 402 g/mol. The number of hydrogen-bond acceptors (Lipinski definition) is 2. The van der Waals surface area contributed by atoms with Gasteiger partial charge in [-0.25, -0.2) is 4.39 Å². The minimum absolute atomic E-state index is 0.205. The maximum atomic E-state index is 13.1. The molecule has 0 spiro atoms. The van der Waals surface area contributed by atoms with Gasteiger partial charge in [0.1, 0.15) is 5.82 Å². The molecule has 0 saturated carbocycles. The highest BCUT2D eigenvalue weighted by Crippen LogP contribution is 2.33. The van der Waals surface area contributed by atoms with Crippen LogP contribution in [0.1, 0.15) is 39.5 Å². The molecule has 0 saturated heterocycles. The number of carbonyl (C=O) groups is 1. The molecule has 0 bridgehead atoms. The zero-order valence-electron chi connectivity index (χ0n) is 12.2. The van der Waals surface area contributed by atoms with Crippen molar-refractivity contribution >= 4 is 51.4 Å². The summed E-state index contributed by atoms with van der Waals surface area (Å²) in [6.45, 7) is 4.00. The first kappa shape index (κ1) is 18.3. The number of nitrogens with two attached hydrogens (primary N) is 1. The number of halogens is 2. The molecule has 1 rings (SSSR count). The van der Waals surface area contributed by atoms with Gasteiger partial charge in [-0.15, -0.1) is 0 Å². The smallest absolute Gasteiger partial charge is 0.237 e. The van der Waals surface area contributed by atoms with E-state index in [9.17, 15) is 9.18 Å². The fourth-order valence-corrected chi connectivity index (χ4v) is 3.31. The maximum absolute atomic E-state index is 13.1. The van der Waals surface area contributed by atoms with Crippen LogP contribution in [0.15, 0.2) is 18.2 Å². The van der Waals surface area contributed by atoms with Crippen molar-refractivity contribution < 1.29 is 9.18 Å². The number of carbonyl (C=O) groups excluding carboxylic acids is 1. The van der Waals surface area contributed by atoms with Crippen LogP contribution < -0.4 is 11.1 Å². The van der Waals surface area contributed by atoms with Crippen LogP contribution >= 0.6 is 34.8 Å². The van der Waals surface area contributed by atoms with Gasteiger partial charge in [0.2, 0.25) is 5.91 Å². The Bertz CT molecular complexity index is 530. The predicted octanol–water partition coefficient (Wildman–Crippen LogP) is 4.24. The van der Waals surface area contributed by atoms with Crippen molar-refractivity contribution in [1.29, 1.82) is 0 Å². The van der Waals surface area contributed by atoms with Crippen molar-refractivity contribution in [2.24, 2.45) is 11.1 Å². The number of anilines is 1. The lowest BCUT2D eigenvalue weighted by molar-refractivity contribution is -0.122. The molecular formula is C15H20FIN2OS. The second kappa shape index (κ2) is 8.03. The summed E-state index contributed by atoms with van der Waals surface area (Å²) in [5.41, 5.74) is 5.61. The SMILES string of the molecule is CCCC(CCC)(C(=O)Nc1ccc(F)cc1I)C(N)=S. The van der Waals surface area contributed by atoms with Gasteiger partial charge in [-0.1, -0.05) is 38.9 Å². The molecule has 116 valence electrons. The molecule has 0 fully saturated rings. The van der Waals surface area contributed by atoms with Crippen molar-refractivity contribution in [3.8, 4) is 0 Å². The second-order valence-corrected chi connectivity index (χ2v) is 6.63. The molecule has 0 aromatic heterocycles. The average Bonchev–Trinajstić information content (AvgIpc) is 2.41. The summed E-state index contributed by atoms with van der Waals surface area (Å²) in [6.07, 6.45) is 2.84. The summed E-state index contributed by atoms with van der Waals surface area (Å²) >= 11 is 7.15. The molecule has 1 aromatic rings. The summed E-state index contributed by atoms with van der Waals surface area (Å²) in [7, 11) is 0. The van der Waals surface area contributed by atoms with Gasteiger partial charge in [-0.3, -0.25) is 4.79 Å². The number of thiocarbonyl (C=S) groups is 1. The van der Waals surface area contributed by atoms with E-state index in [1.54, 1.807) is 6.07 Å². The lowest BCUT2D eigenvalue weighted by atomic mass is 9.78. The topological polar surface area (TPSA) is 55.1 Å². The van der Waals surface area contributed by atoms with Gasteiger partial charge in [0, 0.05) is 3.57 Å². The Kier molecular flexibility index (Phi) is 6.99. The van der Waals surface area contributed by atoms with Crippen molar-refractivity contribution in [1.82, 2.24) is 0 Å². The fourth-order valence-electron chi connectivity index (χ4n) is 2.40. The molecule has 21 heavy (non-hydrogen) atoms. The van der Waals surface area contributed by atoms with E-state index in [0.29, 0.717) is 22.1 Å². The highest BCUT2D eigenvalue weighted by Gasteiger charge is 2.40. The summed E-state index contributed by atoms with van der Waals surface area (Å²) in [5.74, 6) is -0.539. The first-order valence-electron chi connectivity index (χ1n) is 6.93. The van der Waals surface area contributed by atoms with Crippen molar-refractivity contribution in [3.05, 3.63) is 27.6 Å². The van der Waals surface area contributed by atoms with Crippen LogP contribution in [0.5, 0.6) is 0 Å². The van der Waals surface area contributed by atoms with E-state index in [-0.39, 0.29) is 16.7 Å². The minimum atomic E-state index is -0.837. The van der Waals surface area contributed by atoms with E-state index in [1.165, 1.54) is 12.1 Å². The second-order valence-electron chi connectivity index (χ2n) is 5.02. The third kappa shape index (κ3) is 4.35. The van der Waals surface area contributed by atoms with Crippen molar-refractivity contribution in [2.75, 3.05) is 5.32 Å². The molecule has 0 unspecified atom stereocenters. The highest BCUT2D eigenvalue weighted by molar-refractivity contribution is 14.1. The van der Waals surface area contributed by atoms with Crippen molar-refractivity contribution in [2.45, 2.75) is 39.5 Å². The molecule has 3 N–H and O–H groups in total. The van der Waals surface area contributed by atoms with Gasteiger partial charge in [-0.05, 0) is 53.6 Å². The highest BCUT2D eigenvalue weighted by atomic mass is 127. The molecule has 0 aliphatic heterocycles. The molecule has 0 aliphatic carbocycles. The lowest BCUT2D eigenvalue weighted by Gasteiger charge is -2.31. The van der Waals surface area contributed by atoms with Gasteiger partial charge in [0.15, 0.2) is 0 Å². The zero-order valence-corrected chi connectivity index (χ0v) is 15.2. The number of benzene rings is 1. The zero-order chi connectivity index (χ0) is 16.0. The molecule has 0 atom stereocenters. The molecule has 0 radical (unpaired) electrons. The van der Waals surface area contributed by atoms with Crippen molar-refractivity contribution in [3.63, 3.8) is 0 Å². The molecule has 0 aliphatic rings. The normalized spacial score (nSPS) is 11.2. The van der Waals surface area contributed by atoms with Crippen LogP contribution in [0.2, 0.25) is 0 Å². The summed E-state index contributed by atoms with van der Waals surface area (Å²) in [4.78, 5) is 12.9. The van der Waals surface area contributed by atoms with Crippen LogP contribution in [0.25, 0.3) is 0 Å². The Labute approximate surface area is 144 Å². The van der Waals surface area contributed by atoms with Gasteiger partial charge >= 0.3 is 0 Å². The maximum Gasteiger partial charge on any atom is 0.237 e. The van der Waals surface area contributed by atoms with Gasteiger partial charge < -0.3 is 11.1 Å². The van der Waals surface area contributed by atoms with Crippen LogP contribution in [0, 0.1) is 14.8 Å². The van der Waals surface area contributed by atoms with Gasteiger partial charge in [0.25, 0.3) is 0 Å². The monoisotopic (exact) mass is 422 g/mol. The number of amides is 1. The van der Waals surface area contributed by atoms with Crippen LogP contribution in [-0.4, -0.2) is 10.9 Å². The first-order valence-corrected chi connectivity index (χ1v) is 8.42. The number of nitrogens with one attached hydrogen (secondary N) is 1. The van der Waals surface area contributed by atoms with E-state index in [0.717, 1.165) is 12.8 Å². The Morgan fingerprint density at radius 3 is 2.38 bits per heavy atom. The summed E-state index contributed by atoms with van der Waals surface area (Å²) < 4.78 is 13.8. The standard InChI is InChI=1S/C15H20FIN2OS/c1-3-7-15(8-4-2,13(18)21)14(20)19-12-6-5-10(16)9-11(12)17/h5-6,9H,3-4,7-8H2,1-2H3,(H2,18,21)(H,19,20). The molecule has 0 heterocycles. The third-order valence-electron chi connectivity index (χ3n) is 3.44. The molecule has 6 heteroatoms. The van der Waals surface area contributed by atoms with Gasteiger partial charge in [-0.2, -0.15) is 0 Å². The number of hydrogen-bond donors (Lipinski definition) is 2. The average molecular weight is 422 g/mol. The Morgan fingerprint density at radius 1 is 1.38 bits per heavy atom. The van der Waals surface area contributed by atoms with E-state index < -0.39 is 5.41 Å². The molecule has 3 nitrogen and oxygen atoms in total. The minimum Gasteiger partial charge on any atom is -0.392 e. The Balaban J connectivity index is 3.08. The quantitative estimate of drug-likeness (QED) is 0.511. The Hall–Kier alpha value is -0.760. The van der Waals surface area contributed by atoms with Gasteiger partial charge in [0.05, 0.1) is 16.1 Å². The van der Waals surface area contributed by atoms with E-state index >= 15 is 0 Å². The van der Waals surface area contributed by atoms with E-state index in [4.69, 9.17) is 18.0 Å². The molecule has 1 amide bonds. The number of rotatable bonds is 7. The van der Waals surface area contributed by atoms with E-state index in [1.807, 2.05) is 36.4 Å². The summed E-state index contributed by atoms with van der Waals surface area (Å²) in [5, 5.41) is 2.85. The molecule has 1 aromatic carbocycles. The Morgan fingerprint density at radius 2 is 1.95 bits per heavy atom. The van der Waals surface area contributed by atoms with Crippen LogP contribution in [0.3, 0.4) is 0 Å².